The van der Waals surface area contributed by atoms with Gasteiger partial charge in [0.25, 0.3) is 0 Å². The summed E-state index contributed by atoms with van der Waals surface area (Å²) >= 11 is 3.37. The number of benzene rings is 2. The maximum Gasteiger partial charge on any atom is 0.232 e. The number of hydrogen-bond donors (Lipinski definition) is 0. The standard InChI is InChI=1S/C26H23BrN2O3/c1-26(2)13-20-21(14-28)25(31-16-24(30)18-8-10-19(27)11-9-18)29-23(22(20)15-32-26)12-17-6-4-3-5-7-17/h3-11H,12-13,15-16H2,1-2H3. The minimum Gasteiger partial charge on any atom is -0.468 e. The van der Waals surface area contributed by atoms with Crippen molar-refractivity contribution in [3.8, 4) is 11.9 Å². The molecule has 0 N–H and O–H groups in total. The molecule has 162 valence electrons. The lowest BCUT2D eigenvalue weighted by Crippen LogP contribution is -2.33. The van der Waals surface area contributed by atoms with Crippen molar-refractivity contribution in [3.05, 3.63) is 92.6 Å². The Bertz CT molecular complexity index is 1180. The van der Waals surface area contributed by atoms with Crippen LogP contribution in [0.25, 0.3) is 0 Å². The number of nitrogens with zero attached hydrogens (tertiary/aromatic N) is 2. The molecule has 2 aromatic carbocycles. The van der Waals surface area contributed by atoms with Gasteiger partial charge in [-0.1, -0.05) is 58.4 Å². The molecule has 0 spiro atoms. The summed E-state index contributed by atoms with van der Waals surface area (Å²) in [5, 5.41) is 9.94. The van der Waals surface area contributed by atoms with E-state index in [4.69, 9.17) is 14.5 Å². The summed E-state index contributed by atoms with van der Waals surface area (Å²) in [7, 11) is 0. The van der Waals surface area contributed by atoms with E-state index in [2.05, 4.69) is 22.0 Å². The maximum atomic E-state index is 12.6. The van der Waals surface area contributed by atoms with E-state index in [1.807, 2.05) is 56.3 Å². The third-order valence-corrected chi connectivity index (χ3v) is 6.04. The van der Waals surface area contributed by atoms with Crippen LogP contribution in [-0.2, 0) is 24.2 Å². The molecule has 0 saturated carbocycles. The Kier molecular flexibility index (Phi) is 6.40. The minimum absolute atomic E-state index is 0.172. The fraction of sp³-hybridized carbons (Fsp3) is 0.269. The first-order valence-electron chi connectivity index (χ1n) is 10.4. The zero-order valence-electron chi connectivity index (χ0n) is 18.0. The smallest absolute Gasteiger partial charge is 0.232 e. The van der Waals surface area contributed by atoms with Gasteiger partial charge in [0.15, 0.2) is 12.4 Å². The second-order valence-corrected chi connectivity index (χ2v) is 9.33. The number of halogens is 1. The van der Waals surface area contributed by atoms with Crippen LogP contribution in [0.15, 0.2) is 59.1 Å². The van der Waals surface area contributed by atoms with Gasteiger partial charge in [-0.15, -0.1) is 0 Å². The number of rotatable bonds is 6. The SMILES string of the molecule is CC1(C)Cc2c(C#N)c(OCC(=O)c3ccc(Br)cc3)nc(Cc3ccccc3)c2CO1. The molecule has 3 aromatic rings. The molecular weight excluding hydrogens is 468 g/mol. The minimum atomic E-state index is -0.394. The summed E-state index contributed by atoms with van der Waals surface area (Å²) in [6, 6.07) is 19.4. The molecular formula is C26H23BrN2O3. The van der Waals surface area contributed by atoms with E-state index < -0.39 is 5.60 Å². The third-order valence-electron chi connectivity index (χ3n) is 5.51. The molecule has 32 heavy (non-hydrogen) atoms. The number of carbonyl (C=O) groups excluding carboxylic acids is 1. The molecule has 6 heteroatoms. The van der Waals surface area contributed by atoms with E-state index >= 15 is 0 Å². The van der Waals surface area contributed by atoms with Gasteiger partial charge in [-0.25, -0.2) is 4.98 Å². The molecule has 1 aliphatic heterocycles. The number of fused-ring (bicyclic) bond motifs is 1. The van der Waals surface area contributed by atoms with Crippen molar-refractivity contribution >= 4 is 21.7 Å². The highest BCUT2D eigenvalue weighted by Gasteiger charge is 2.32. The van der Waals surface area contributed by atoms with E-state index in [1.54, 1.807) is 12.1 Å². The van der Waals surface area contributed by atoms with Gasteiger partial charge in [-0.3, -0.25) is 4.79 Å². The van der Waals surface area contributed by atoms with E-state index in [9.17, 15) is 10.1 Å². The lowest BCUT2D eigenvalue weighted by molar-refractivity contribution is -0.0408. The summed E-state index contributed by atoms with van der Waals surface area (Å²) < 4.78 is 12.8. The van der Waals surface area contributed by atoms with Gasteiger partial charge in [0.2, 0.25) is 5.88 Å². The fourth-order valence-corrected chi connectivity index (χ4v) is 4.08. The van der Waals surface area contributed by atoms with Crippen molar-refractivity contribution in [3.63, 3.8) is 0 Å². The van der Waals surface area contributed by atoms with Gasteiger partial charge in [0.1, 0.15) is 11.6 Å². The highest BCUT2D eigenvalue weighted by atomic mass is 79.9. The second kappa shape index (κ2) is 9.23. The molecule has 0 amide bonds. The Morgan fingerprint density at radius 1 is 1.16 bits per heavy atom. The van der Waals surface area contributed by atoms with Crippen molar-refractivity contribution < 1.29 is 14.3 Å². The zero-order chi connectivity index (χ0) is 22.7. The van der Waals surface area contributed by atoms with Gasteiger partial charge >= 0.3 is 0 Å². The van der Waals surface area contributed by atoms with Crippen molar-refractivity contribution in [2.45, 2.75) is 38.9 Å². The van der Waals surface area contributed by atoms with Crippen LogP contribution in [0.1, 0.15) is 52.2 Å². The van der Waals surface area contributed by atoms with E-state index in [1.165, 1.54) is 0 Å². The first-order valence-corrected chi connectivity index (χ1v) is 11.2. The van der Waals surface area contributed by atoms with Gasteiger partial charge in [-0.2, -0.15) is 5.26 Å². The largest absolute Gasteiger partial charge is 0.468 e. The molecule has 0 radical (unpaired) electrons. The Hall–Kier alpha value is -3.01. The van der Waals surface area contributed by atoms with Gasteiger partial charge in [-0.05, 0) is 37.1 Å². The van der Waals surface area contributed by atoms with Crippen molar-refractivity contribution in [2.75, 3.05) is 6.61 Å². The van der Waals surface area contributed by atoms with E-state index in [0.717, 1.165) is 26.9 Å². The van der Waals surface area contributed by atoms with Crippen LogP contribution in [0.5, 0.6) is 5.88 Å². The van der Waals surface area contributed by atoms with Crippen LogP contribution in [-0.4, -0.2) is 23.0 Å². The monoisotopic (exact) mass is 490 g/mol. The molecule has 0 aliphatic carbocycles. The summed E-state index contributed by atoms with van der Waals surface area (Å²) in [6.07, 6.45) is 1.17. The Balaban J connectivity index is 1.69. The lowest BCUT2D eigenvalue weighted by Gasteiger charge is -2.33. The van der Waals surface area contributed by atoms with Crippen LogP contribution in [0.2, 0.25) is 0 Å². The predicted octanol–water partition coefficient (Wildman–Crippen LogP) is 5.42. The maximum absolute atomic E-state index is 12.6. The number of ether oxygens (including phenoxy) is 2. The molecule has 1 aromatic heterocycles. The Morgan fingerprint density at radius 3 is 2.56 bits per heavy atom. The van der Waals surface area contributed by atoms with Crippen LogP contribution < -0.4 is 4.74 Å². The molecule has 4 rings (SSSR count). The average Bonchev–Trinajstić information content (AvgIpc) is 2.78. The number of aromatic nitrogens is 1. The van der Waals surface area contributed by atoms with Crippen LogP contribution in [0.3, 0.4) is 0 Å². The first-order chi connectivity index (χ1) is 15.4. The predicted molar refractivity (Wildman–Crippen MR) is 125 cm³/mol. The molecule has 2 heterocycles. The van der Waals surface area contributed by atoms with Crippen LogP contribution in [0, 0.1) is 11.3 Å². The molecule has 0 atom stereocenters. The van der Waals surface area contributed by atoms with Gasteiger partial charge in [0.05, 0.1) is 17.9 Å². The van der Waals surface area contributed by atoms with Crippen LogP contribution in [0.4, 0.5) is 0 Å². The second-order valence-electron chi connectivity index (χ2n) is 8.41. The van der Waals surface area contributed by atoms with E-state index in [-0.39, 0.29) is 18.3 Å². The van der Waals surface area contributed by atoms with Crippen molar-refractivity contribution in [2.24, 2.45) is 0 Å². The number of Topliss-reactive ketones (excluding diaryl/α,β-unsaturated/α-hetero) is 1. The molecule has 0 unspecified atom stereocenters. The average molecular weight is 491 g/mol. The fourth-order valence-electron chi connectivity index (χ4n) is 3.82. The Labute approximate surface area is 196 Å². The highest BCUT2D eigenvalue weighted by Crippen LogP contribution is 2.35. The first kappa shape index (κ1) is 22.2. The van der Waals surface area contributed by atoms with Crippen molar-refractivity contribution in [1.82, 2.24) is 4.98 Å². The highest BCUT2D eigenvalue weighted by molar-refractivity contribution is 9.10. The number of carbonyl (C=O) groups is 1. The molecule has 0 fully saturated rings. The lowest BCUT2D eigenvalue weighted by atomic mass is 9.87. The number of ketones is 1. The van der Waals surface area contributed by atoms with Crippen molar-refractivity contribution in [1.29, 1.82) is 5.26 Å². The summed E-state index contributed by atoms with van der Waals surface area (Å²) in [4.78, 5) is 17.3. The Morgan fingerprint density at radius 2 is 1.88 bits per heavy atom. The summed E-state index contributed by atoms with van der Waals surface area (Å²) in [6.45, 7) is 4.22. The molecule has 1 aliphatic rings. The zero-order valence-corrected chi connectivity index (χ0v) is 19.6. The van der Waals surface area contributed by atoms with Gasteiger partial charge in [0, 0.05) is 28.4 Å². The summed E-state index contributed by atoms with van der Waals surface area (Å²) in [5.74, 6) is 0.0366. The number of nitriles is 1. The summed E-state index contributed by atoms with van der Waals surface area (Å²) in [5.41, 5.74) is 4.29. The molecule has 5 nitrogen and oxygen atoms in total. The van der Waals surface area contributed by atoms with Crippen LogP contribution >= 0.6 is 15.9 Å². The molecule has 0 bridgehead atoms. The normalized spacial score (nSPS) is 14.3. The number of pyridine rings is 1. The van der Waals surface area contributed by atoms with Gasteiger partial charge < -0.3 is 9.47 Å². The topological polar surface area (TPSA) is 72.2 Å². The van der Waals surface area contributed by atoms with E-state index in [0.29, 0.717) is 30.6 Å². The third kappa shape index (κ3) is 4.90. The number of hydrogen-bond acceptors (Lipinski definition) is 5. The quantitative estimate of drug-likeness (QED) is 0.431. The molecule has 0 saturated heterocycles.